The molecule has 1 heteroatoms. The van der Waals surface area contributed by atoms with Gasteiger partial charge in [0, 0.05) is 0 Å². The Bertz CT molecular complexity index is 132. The fraction of sp³-hybridized carbons (Fsp3) is 0.818. The van der Waals surface area contributed by atoms with Crippen molar-refractivity contribution in [2.24, 2.45) is 11.8 Å². The Kier molecular flexibility index (Phi) is 4.54. The third-order valence-corrected chi connectivity index (χ3v) is 2.05. The standard InChI is InChI=1S/C11H22O/c1-7-9(2)10(3)8-12-11(4,5)6/h7,9-10H,1,8H2,2-6H3/t9-,10+/m1/s1. The van der Waals surface area contributed by atoms with E-state index >= 15 is 0 Å². The molecule has 0 aliphatic carbocycles. The Balaban J connectivity index is 3.71. The van der Waals surface area contributed by atoms with Crippen molar-refractivity contribution in [1.82, 2.24) is 0 Å². The second-order valence-electron chi connectivity index (χ2n) is 4.50. The third-order valence-electron chi connectivity index (χ3n) is 2.05. The van der Waals surface area contributed by atoms with Gasteiger partial charge in [0.1, 0.15) is 0 Å². The van der Waals surface area contributed by atoms with Crippen LogP contribution in [0.15, 0.2) is 12.7 Å². The molecule has 0 aliphatic rings. The Morgan fingerprint density at radius 1 is 1.33 bits per heavy atom. The summed E-state index contributed by atoms with van der Waals surface area (Å²) in [6.45, 7) is 15.2. The van der Waals surface area contributed by atoms with Crippen LogP contribution >= 0.6 is 0 Å². The largest absolute Gasteiger partial charge is 0.376 e. The first-order chi connectivity index (χ1) is 5.37. The van der Waals surface area contributed by atoms with Crippen LogP contribution in [0.3, 0.4) is 0 Å². The summed E-state index contributed by atoms with van der Waals surface area (Å²) in [5.41, 5.74) is -0.0187. The zero-order valence-corrected chi connectivity index (χ0v) is 9.05. The number of hydrogen-bond donors (Lipinski definition) is 0. The topological polar surface area (TPSA) is 9.23 Å². The molecule has 0 saturated heterocycles. The molecule has 0 fully saturated rings. The molecule has 0 aromatic carbocycles. The van der Waals surface area contributed by atoms with Crippen molar-refractivity contribution in [3.8, 4) is 0 Å². The molecule has 0 aromatic rings. The summed E-state index contributed by atoms with van der Waals surface area (Å²) in [7, 11) is 0. The fourth-order valence-electron chi connectivity index (χ4n) is 0.766. The Morgan fingerprint density at radius 2 is 1.83 bits per heavy atom. The zero-order chi connectivity index (χ0) is 9.78. The SMILES string of the molecule is C=C[C@@H](C)[C@@H](C)COC(C)(C)C. The van der Waals surface area contributed by atoms with Crippen molar-refractivity contribution in [1.29, 1.82) is 0 Å². The molecule has 72 valence electrons. The molecule has 12 heavy (non-hydrogen) atoms. The van der Waals surface area contributed by atoms with Crippen molar-refractivity contribution in [2.45, 2.75) is 40.2 Å². The highest BCUT2D eigenvalue weighted by molar-refractivity contribution is 4.79. The zero-order valence-electron chi connectivity index (χ0n) is 9.05. The quantitative estimate of drug-likeness (QED) is 0.588. The van der Waals surface area contributed by atoms with Gasteiger partial charge in [0.05, 0.1) is 12.2 Å². The van der Waals surface area contributed by atoms with Crippen LogP contribution in [0.25, 0.3) is 0 Å². The highest BCUT2D eigenvalue weighted by Gasteiger charge is 2.14. The molecule has 0 heterocycles. The van der Waals surface area contributed by atoms with Crippen LogP contribution in [0.2, 0.25) is 0 Å². The van der Waals surface area contributed by atoms with E-state index in [9.17, 15) is 0 Å². The van der Waals surface area contributed by atoms with Crippen LogP contribution in [0, 0.1) is 11.8 Å². The minimum Gasteiger partial charge on any atom is -0.376 e. The summed E-state index contributed by atoms with van der Waals surface area (Å²) in [5.74, 6) is 1.09. The summed E-state index contributed by atoms with van der Waals surface area (Å²) < 4.78 is 5.67. The van der Waals surface area contributed by atoms with Crippen molar-refractivity contribution >= 4 is 0 Å². The van der Waals surface area contributed by atoms with Crippen LogP contribution < -0.4 is 0 Å². The van der Waals surface area contributed by atoms with E-state index in [1.807, 2.05) is 6.08 Å². The molecule has 0 bridgehead atoms. The van der Waals surface area contributed by atoms with Gasteiger partial charge >= 0.3 is 0 Å². The van der Waals surface area contributed by atoms with Crippen LogP contribution in [0.4, 0.5) is 0 Å². The minimum atomic E-state index is -0.0187. The van der Waals surface area contributed by atoms with Gasteiger partial charge in [-0.3, -0.25) is 0 Å². The number of allylic oxidation sites excluding steroid dienone is 1. The molecule has 0 unspecified atom stereocenters. The minimum absolute atomic E-state index is 0.0187. The Labute approximate surface area is 76.8 Å². The van der Waals surface area contributed by atoms with Gasteiger partial charge in [-0.15, -0.1) is 6.58 Å². The Morgan fingerprint density at radius 3 is 2.17 bits per heavy atom. The Hall–Kier alpha value is -0.300. The predicted octanol–water partition coefficient (Wildman–Crippen LogP) is 3.26. The molecule has 1 nitrogen and oxygen atoms in total. The summed E-state index contributed by atoms with van der Waals surface area (Å²) in [6, 6.07) is 0. The van der Waals surface area contributed by atoms with Gasteiger partial charge in [-0.1, -0.05) is 19.9 Å². The monoisotopic (exact) mass is 170 g/mol. The highest BCUT2D eigenvalue weighted by atomic mass is 16.5. The molecular weight excluding hydrogens is 148 g/mol. The third kappa shape index (κ3) is 5.36. The van der Waals surface area contributed by atoms with Crippen molar-refractivity contribution in [2.75, 3.05) is 6.61 Å². The summed E-state index contributed by atoms with van der Waals surface area (Å²) in [6.07, 6.45) is 1.98. The molecule has 0 saturated carbocycles. The average Bonchev–Trinajstić information content (AvgIpc) is 1.97. The van der Waals surface area contributed by atoms with Gasteiger partial charge in [0.2, 0.25) is 0 Å². The normalized spacial score (nSPS) is 17.1. The summed E-state index contributed by atoms with van der Waals surface area (Å²) in [5, 5.41) is 0. The molecule has 0 N–H and O–H groups in total. The maximum atomic E-state index is 5.67. The predicted molar refractivity (Wildman–Crippen MR) is 54.2 cm³/mol. The van der Waals surface area contributed by atoms with E-state index in [2.05, 4.69) is 41.2 Å². The average molecular weight is 170 g/mol. The van der Waals surface area contributed by atoms with Gasteiger partial charge < -0.3 is 4.74 Å². The lowest BCUT2D eigenvalue weighted by Gasteiger charge is -2.24. The van der Waals surface area contributed by atoms with E-state index in [-0.39, 0.29) is 5.60 Å². The van der Waals surface area contributed by atoms with E-state index in [0.717, 1.165) is 6.61 Å². The van der Waals surface area contributed by atoms with E-state index in [0.29, 0.717) is 11.8 Å². The molecule has 0 spiro atoms. The number of rotatable bonds is 4. The van der Waals surface area contributed by atoms with Crippen molar-refractivity contribution in [3.63, 3.8) is 0 Å². The van der Waals surface area contributed by atoms with Gasteiger partial charge in [-0.25, -0.2) is 0 Å². The van der Waals surface area contributed by atoms with E-state index in [1.165, 1.54) is 0 Å². The van der Waals surface area contributed by atoms with Gasteiger partial charge in [0.25, 0.3) is 0 Å². The molecule has 0 aromatic heterocycles. The fourth-order valence-corrected chi connectivity index (χ4v) is 0.766. The first-order valence-corrected chi connectivity index (χ1v) is 4.63. The molecular formula is C11H22O. The summed E-state index contributed by atoms with van der Waals surface area (Å²) in [4.78, 5) is 0. The lowest BCUT2D eigenvalue weighted by atomic mass is 9.97. The van der Waals surface area contributed by atoms with Crippen molar-refractivity contribution in [3.05, 3.63) is 12.7 Å². The number of ether oxygens (including phenoxy) is 1. The van der Waals surface area contributed by atoms with Gasteiger partial charge in [-0.05, 0) is 32.6 Å². The van der Waals surface area contributed by atoms with E-state index in [1.54, 1.807) is 0 Å². The second kappa shape index (κ2) is 4.66. The van der Waals surface area contributed by atoms with Crippen LogP contribution in [-0.2, 0) is 4.74 Å². The second-order valence-corrected chi connectivity index (χ2v) is 4.50. The van der Waals surface area contributed by atoms with E-state index in [4.69, 9.17) is 4.74 Å². The van der Waals surface area contributed by atoms with Gasteiger partial charge in [0.15, 0.2) is 0 Å². The molecule has 0 aliphatic heterocycles. The first kappa shape index (κ1) is 11.7. The first-order valence-electron chi connectivity index (χ1n) is 4.63. The smallest absolute Gasteiger partial charge is 0.0598 e. The maximum absolute atomic E-state index is 5.67. The lowest BCUT2D eigenvalue weighted by molar-refractivity contribution is -0.0244. The van der Waals surface area contributed by atoms with Crippen LogP contribution in [0.1, 0.15) is 34.6 Å². The van der Waals surface area contributed by atoms with Crippen molar-refractivity contribution < 1.29 is 4.74 Å². The summed E-state index contributed by atoms with van der Waals surface area (Å²) >= 11 is 0. The van der Waals surface area contributed by atoms with E-state index < -0.39 is 0 Å². The molecule has 0 rings (SSSR count). The maximum Gasteiger partial charge on any atom is 0.0598 e. The number of hydrogen-bond acceptors (Lipinski definition) is 1. The van der Waals surface area contributed by atoms with Crippen LogP contribution in [0.5, 0.6) is 0 Å². The molecule has 0 amide bonds. The van der Waals surface area contributed by atoms with Gasteiger partial charge in [-0.2, -0.15) is 0 Å². The highest BCUT2D eigenvalue weighted by Crippen LogP contribution is 2.15. The molecule has 2 atom stereocenters. The van der Waals surface area contributed by atoms with Crippen LogP contribution in [-0.4, -0.2) is 12.2 Å². The lowest BCUT2D eigenvalue weighted by Crippen LogP contribution is -2.24. The molecule has 0 radical (unpaired) electrons.